The van der Waals surface area contributed by atoms with Crippen molar-refractivity contribution in [3.8, 4) is 0 Å². The average molecular weight is 354 g/mol. The predicted octanol–water partition coefficient (Wildman–Crippen LogP) is 2.93. The van der Waals surface area contributed by atoms with E-state index in [1.54, 1.807) is 14.1 Å². The summed E-state index contributed by atoms with van der Waals surface area (Å²) in [5.74, 6) is 0.147. The van der Waals surface area contributed by atoms with E-state index < -0.39 is 6.29 Å². The fourth-order valence-corrected chi connectivity index (χ4v) is 2.63. The second-order valence-corrected chi connectivity index (χ2v) is 6.41. The molecule has 0 bridgehead atoms. The molecular formula is C18H24ClNO4. The Kier molecular flexibility index (Phi) is 7.09. The van der Waals surface area contributed by atoms with Crippen LogP contribution in [0.15, 0.2) is 36.1 Å². The summed E-state index contributed by atoms with van der Waals surface area (Å²) in [5, 5.41) is 9.51. The summed E-state index contributed by atoms with van der Waals surface area (Å²) in [6.45, 7) is 0.633. The summed E-state index contributed by atoms with van der Waals surface area (Å²) < 4.78 is 11.5. The lowest BCUT2D eigenvalue weighted by Gasteiger charge is -2.30. The third-order valence-corrected chi connectivity index (χ3v) is 4.08. The molecule has 1 aromatic carbocycles. The monoisotopic (exact) mass is 353 g/mol. The molecule has 1 heterocycles. The van der Waals surface area contributed by atoms with Crippen LogP contribution in [-0.4, -0.2) is 49.5 Å². The van der Waals surface area contributed by atoms with Crippen LogP contribution >= 0.6 is 11.6 Å². The highest BCUT2D eigenvalue weighted by Crippen LogP contribution is 2.32. The zero-order valence-corrected chi connectivity index (χ0v) is 14.8. The highest BCUT2D eigenvalue weighted by Gasteiger charge is 2.29. The fourth-order valence-electron chi connectivity index (χ4n) is 2.50. The van der Waals surface area contributed by atoms with Crippen LogP contribution in [0, 0.1) is 0 Å². The number of unbranched alkanes of at least 4 members (excludes halogenated alkanes) is 1. The van der Waals surface area contributed by atoms with E-state index in [0.29, 0.717) is 30.2 Å². The molecule has 24 heavy (non-hydrogen) atoms. The first kappa shape index (κ1) is 18.8. The van der Waals surface area contributed by atoms with Crippen LogP contribution in [0.4, 0.5) is 0 Å². The van der Waals surface area contributed by atoms with Crippen molar-refractivity contribution in [2.45, 2.75) is 31.5 Å². The van der Waals surface area contributed by atoms with Gasteiger partial charge in [-0.2, -0.15) is 0 Å². The van der Waals surface area contributed by atoms with Gasteiger partial charge in [0.1, 0.15) is 0 Å². The molecule has 6 heteroatoms. The van der Waals surface area contributed by atoms with Crippen LogP contribution in [0.1, 0.15) is 30.7 Å². The summed E-state index contributed by atoms with van der Waals surface area (Å²) in [4.78, 5) is 13.8. The lowest BCUT2D eigenvalue weighted by Crippen LogP contribution is -2.32. The van der Waals surface area contributed by atoms with Gasteiger partial charge in [0.25, 0.3) is 5.91 Å². The van der Waals surface area contributed by atoms with Crippen molar-refractivity contribution in [1.29, 1.82) is 0 Å². The zero-order chi connectivity index (χ0) is 17.5. The molecule has 0 aliphatic carbocycles. The van der Waals surface area contributed by atoms with Crippen molar-refractivity contribution in [3.05, 3.63) is 46.7 Å². The number of ether oxygens (including phenoxy) is 2. The summed E-state index contributed by atoms with van der Waals surface area (Å²) in [7, 11) is 3.38. The number of likely N-dealkylation sites (N-methyl/N-ethyl adjacent to an activating group) is 1. The Morgan fingerprint density at radius 2 is 2.04 bits per heavy atom. The number of amides is 1. The van der Waals surface area contributed by atoms with Gasteiger partial charge in [-0.15, -0.1) is 0 Å². The molecule has 0 unspecified atom stereocenters. The minimum atomic E-state index is -0.478. The van der Waals surface area contributed by atoms with Crippen molar-refractivity contribution < 1.29 is 19.4 Å². The van der Waals surface area contributed by atoms with Crippen LogP contribution in [0.3, 0.4) is 0 Å². The molecular weight excluding hydrogens is 330 g/mol. The standard InChI is InChI=1S/C18H24ClNO4/c1-20(2)18(22)16-11-14(13-5-7-15(19)8-6-13)12-17(24-16)23-10-4-3-9-21/h5-8,11,14,17,21H,3-4,9-10,12H2,1-2H3/t14-,17+/m0/s1. The second kappa shape index (κ2) is 9.06. The Labute approximate surface area is 147 Å². The number of allylic oxidation sites excluding steroid dienone is 1. The molecule has 1 aromatic rings. The van der Waals surface area contributed by atoms with Gasteiger partial charge in [0.15, 0.2) is 5.76 Å². The number of aliphatic hydroxyl groups excluding tert-OH is 1. The van der Waals surface area contributed by atoms with E-state index >= 15 is 0 Å². The van der Waals surface area contributed by atoms with Crippen LogP contribution < -0.4 is 0 Å². The normalized spacial score (nSPS) is 20.2. The van der Waals surface area contributed by atoms with Crippen molar-refractivity contribution >= 4 is 17.5 Å². The average Bonchev–Trinajstić information content (AvgIpc) is 2.58. The number of nitrogens with zero attached hydrogens (tertiary/aromatic N) is 1. The van der Waals surface area contributed by atoms with E-state index in [1.165, 1.54) is 4.90 Å². The van der Waals surface area contributed by atoms with Gasteiger partial charge < -0.3 is 19.5 Å². The quantitative estimate of drug-likeness (QED) is 0.766. The van der Waals surface area contributed by atoms with Gasteiger partial charge in [-0.3, -0.25) is 4.79 Å². The van der Waals surface area contributed by atoms with E-state index in [2.05, 4.69) is 0 Å². The molecule has 5 nitrogen and oxygen atoms in total. The van der Waals surface area contributed by atoms with E-state index in [4.69, 9.17) is 26.2 Å². The molecule has 2 atom stereocenters. The predicted molar refractivity (Wildman–Crippen MR) is 92.7 cm³/mol. The summed E-state index contributed by atoms with van der Waals surface area (Å²) in [6, 6.07) is 7.58. The molecule has 1 aliphatic rings. The van der Waals surface area contributed by atoms with Gasteiger partial charge >= 0.3 is 0 Å². The minimum Gasteiger partial charge on any atom is -0.459 e. The Balaban J connectivity index is 2.13. The lowest BCUT2D eigenvalue weighted by atomic mass is 9.93. The largest absolute Gasteiger partial charge is 0.459 e. The number of hydrogen-bond acceptors (Lipinski definition) is 4. The first-order valence-corrected chi connectivity index (χ1v) is 8.47. The molecule has 0 radical (unpaired) electrons. The molecule has 1 aliphatic heterocycles. The first-order chi connectivity index (χ1) is 11.5. The molecule has 0 fully saturated rings. The Hall–Kier alpha value is -1.56. The van der Waals surface area contributed by atoms with Crippen molar-refractivity contribution in [1.82, 2.24) is 4.90 Å². The van der Waals surface area contributed by atoms with Crippen LogP contribution in [0.2, 0.25) is 5.02 Å². The van der Waals surface area contributed by atoms with Gasteiger partial charge in [-0.05, 0) is 36.6 Å². The molecule has 132 valence electrons. The summed E-state index contributed by atoms with van der Waals surface area (Å²) in [6.07, 6.45) is 3.44. The number of carbonyl (C=O) groups is 1. The molecule has 1 amide bonds. The molecule has 0 spiro atoms. The van der Waals surface area contributed by atoms with Gasteiger partial charge in [-0.25, -0.2) is 0 Å². The van der Waals surface area contributed by atoms with E-state index in [9.17, 15) is 4.79 Å². The Morgan fingerprint density at radius 1 is 1.33 bits per heavy atom. The maximum absolute atomic E-state index is 12.3. The van der Waals surface area contributed by atoms with Crippen LogP contribution in [-0.2, 0) is 14.3 Å². The minimum absolute atomic E-state index is 0.0257. The van der Waals surface area contributed by atoms with Crippen LogP contribution in [0.25, 0.3) is 0 Å². The van der Waals surface area contributed by atoms with Crippen LogP contribution in [0.5, 0.6) is 0 Å². The molecule has 1 N–H and O–H groups in total. The molecule has 0 saturated carbocycles. The second-order valence-electron chi connectivity index (χ2n) is 5.97. The number of halogens is 1. The fraction of sp³-hybridized carbons (Fsp3) is 0.500. The van der Waals surface area contributed by atoms with E-state index in [-0.39, 0.29) is 18.4 Å². The number of hydrogen-bond donors (Lipinski definition) is 1. The summed E-state index contributed by atoms with van der Waals surface area (Å²) >= 11 is 5.95. The smallest absolute Gasteiger partial charge is 0.288 e. The number of carbonyl (C=O) groups excluding carboxylic acids is 1. The lowest BCUT2D eigenvalue weighted by molar-refractivity contribution is -0.151. The van der Waals surface area contributed by atoms with E-state index in [1.807, 2.05) is 30.3 Å². The van der Waals surface area contributed by atoms with Crippen molar-refractivity contribution in [3.63, 3.8) is 0 Å². The third-order valence-electron chi connectivity index (χ3n) is 3.83. The van der Waals surface area contributed by atoms with E-state index in [0.717, 1.165) is 12.0 Å². The van der Waals surface area contributed by atoms with Gasteiger partial charge in [0.05, 0.1) is 6.61 Å². The maximum Gasteiger partial charge on any atom is 0.288 e. The van der Waals surface area contributed by atoms with Gasteiger partial charge in [0, 0.05) is 38.1 Å². The number of rotatable bonds is 7. The zero-order valence-electron chi connectivity index (χ0n) is 14.1. The number of aliphatic hydroxyl groups is 1. The third kappa shape index (κ3) is 5.23. The number of benzene rings is 1. The molecule has 0 saturated heterocycles. The Bertz CT molecular complexity index is 571. The highest BCUT2D eigenvalue weighted by atomic mass is 35.5. The first-order valence-electron chi connectivity index (χ1n) is 8.09. The van der Waals surface area contributed by atoms with Crippen molar-refractivity contribution in [2.24, 2.45) is 0 Å². The SMILES string of the molecule is CN(C)C(=O)C1=C[C@H](c2ccc(Cl)cc2)C[C@H](OCCCCO)O1. The maximum atomic E-state index is 12.3. The van der Waals surface area contributed by atoms with Gasteiger partial charge in [0.2, 0.25) is 6.29 Å². The molecule has 2 rings (SSSR count). The van der Waals surface area contributed by atoms with Crippen molar-refractivity contribution in [2.75, 3.05) is 27.3 Å². The Morgan fingerprint density at radius 3 is 2.67 bits per heavy atom. The highest BCUT2D eigenvalue weighted by molar-refractivity contribution is 6.30. The topological polar surface area (TPSA) is 59.0 Å². The van der Waals surface area contributed by atoms with Gasteiger partial charge in [-0.1, -0.05) is 23.7 Å². The summed E-state index contributed by atoms with van der Waals surface area (Å²) in [5.41, 5.74) is 1.07. The molecule has 0 aromatic heterocycles.